The summed E-state index contributed by atoms with van der Waals surface area (Å²) in [7, 11) is 0. The van der Waals surface area contributed by atoms with Crippen LogP contribution in [0.15, 0.2) is 0 Å². The fraction of sp³-hybridized carbons (Fsp3) is 1.00. The van der Waals surface area contributed by atoms with Crippen LogP contribution in [0.25, 0.3) is 0 Å². The van der Waals surface area contributed by atoms with E-state index in [1.807, 2.05) is 0 Å². The molecular weight excluding hydrogens is 208 g/mol. The van der Waals surface area contributed by atoms with Gasteiger partial charge in [-0.2, -0.15) is 0 Å². The van der Waals surface area contributed by atoms with E-state index in [2.05, 4.69) is 23.6 Å². The zero-order valence-corrected chi connectivity index (χ0v) is 11.6. The fourth-order valence-electron chi connectivity index (χ4n) is 4.42. The highest BCUT2D eigenvalue weighted by Crippen LogP contribution is 2.32. The maximum absolute atomic E-state index is 2.86. The van der Waals surface area contributed by atoms with Crippen molar-refractivity contribution in [2.75, 3.05) is 19.6 Å². The summed E-state index contributed by atoms with van der Waals surface area (Å²) >= 11 is 0. The third-order valence-corrected chi connectivity index (χ3v) is 5.36. The molecule has 3 aliphatic rings. The van der Waals surface area contributed by atoms with Gasteiger partial charge in [-0.05, 0) is 45.1 Å². The monoisotopic (exact) mass is 236 g/mol. The van der Waals surface area contributed by atoms with Crippen LogP contribution in [0.2, 0.25) is 0 Å². The van der Waals surface area contributed by atoms with E-state index in [1.54, 1.807) is 0 Å². The number of hydrogen-bond donors (Lipinski definition) is 0. The van der Waals surface area contributed by atoms with Crippen molar-refractivity contribution < 1.29 is 0 Å². The fourth-order valence-corrected chi connectivity index (χ4v) is 4.42. The summed E-state index contributed by atoms with van der Waals surface area (Å²) in [6.07, 6.45) is 8.73. The first-order valence-electron chi connectivity index (χ1n) is 7.74. The second-order valence-electron chi connectivity index (χ2n) is 6.76. The van der Waals surface area contributed by atoms with E-state index >= 15 is 0 Å². The van der Waals surface area contributed by atoms with Crippen molar-refractivity contribution in [2.45, 2.75) is 70.5 Å². The van der Waals surface area contributed by atoms with Crippen molar-refractivity contribution >= 4 is 0 Å². The molecule has 0 bridgehead atoms. The third-order valence-electron chi connectivity index (χ3n) is 5.36. The quantitative estimate of drug-likeness (QED) is 0.691. The average Bonchev–Trinajstić information content (AvgIpc) is 2.75. The smallest absolute Gasteiger partial charge is 0.0224 e. The first kappa shape index (κ1) is 12.0. The van der Waals surface area contributed by atoms with Gasteiger partial charge in [0, 0.05) is 31.2 Å². The molecular formula is C15H28N2. The Hall–Kier alpha value is -0.0800. The van der Waals surface area contributed by atoms with Gasteiger partial charge in [0.2, 0.25) is 0 Å². The van der Waals surface area contributed by atoms with Gasteiger partial charge in [-0.15, -0.1) is 0 Å². The van der Waals surface area contributed by atoms with Gasteiger partial charge in [0.25, 0.3) is 0 Å². The molecule has 17 heavy (non-hydrogen) atoms. The summed E-state index contributed by atoms with van der Waals surface area (Å²) in [5, 5.41) is 0. The molecule has 0 aromatic heterocycles. The lowest BCUT2D eigenvalue weighted by atomic mass is 9.85. The van der Waals surface area contributed by atoms with Gasteiger partial charge in [0.15, 0.2) is 0 Å². The number of nitrogens with zero attached hydrogens (tertiary/aromatic N) is 2. The zero-order chi connectivity index (χ0) is 11.8. The molecule has 2 heterocycles. The SMILES string of the molecule is CC1CCCC(N2CC3CCCN3CC2C)C1. The van der Waals surface area contributed by atoms with Crippen LogP contribution in [0.3, 0.4) is 0 Å². The second-order valence-corrected chi connectivity index (χ2v) is 6.76. The van der Waals surface area contributed by atoms with E-state index in [-0.39, 0.29) is 0 Å². The first-order valence-corrected chi connectivity index (χ1v) is 7.74. The standard InChI is InChI=1S/C15H28N2/c1-12-5-3-6-14(9-12)17-11-15-7-4-8-16(15)10-13(17)2/h12-15H,3-11H2,1-2H3. The van der Waals surface area contributed by atoms with Gasteiger partial charge in [-0.25, -0.2) is 0 Å². The van der Waals surface area contributed by atoms with Crippen LogP contribution in [-0.2, 0) is 0 Å². The van der Waals surface area contributed by atoms with E-state index in [4.69, 9.17) is 0 Å². The molecule has 1 saturated carbocycles. The van der Waals surface area contributed by atoms with Crippen molar-refractivity contribution in [2.24, 2.45) is 5.92 Å². The maximum atomic E-state index is 2.86. The van der Waals surface area contributed by atoms with Crippen molar-refractivity contribution in [1.29, 1.82) is 0 Å². The van der Waals surface area contributed by atoms with E-state index in [0.717, 1.165) is 24.0 Å². The largest absolute Gasteiger partial charge is 0.298 e. The molecule has 0 aromatic carbocycles. The molecule has 4 unspecified atom stereocenters. The van der Waals surface area contributed by atoms with Gasteiger partial charge in [0.05, 0.1) is 0 Å². The summed E-state index contributed by atoms with van der Waals surface area (Å²) in [6, 6.07) is 2.58. The van der Waals surface area contributed by atoms with Crippen LogP contribution in [-0.4, -0.2) is 47.6 Å². The molecule has 0 amide bonds. The van der Waals surface area contributed by atoms with Crippen LogP contribution in [0.4, 0.5) is 0 Å². The van der Waals surface area contributed by atoms with Crippen LogP contribution < -0.4 is 0 Å². The predicted molar refractivity (Wildman–Crippen MR) is 72.2 cm³/mol. The molecule has 2 heteroatoms. The van der Waals surface area contributed by atoms with Crippen molar-refractivity contribution in [3.63, 3.8) is 0 Å². The van der Waals surface area contributed by atoms with Crippen molar-refractivity contribution in [3.8, 4) is 0 Å². The molecule has 0 aromatic rings. The summed E-state index contributed by atoms with van der Waals surface area (Å²) in [6.45, 7) is 8.95. The lowest BCUT2D eigenvalue weighted by Crippen LogP contribution is -2.58. The summed E-state index contributed by atoms with van der Waals surface area (Å²) in [5.74, 6) is 0.961. The first-order chi connectivity index (χ1) is 8.24. The van der Waals surface area contributed by atoms with Gasteiger partial charge < -0.3 is 0 Å². The minimum atomic E-state index is 0.791. The Bertz CT molecular complexity index is 266. The van der Waals surface area contributed by atoms with Gasteiger partial charge >= 0.3 is 0 Å². The number of fused-ring (bicyclic) bond motifs is 1. The molecule has 2 aliphatic heterocycles. The van der Waals surface area contributed by atoms with Crippen LogP contribution in [0, 0.1) is 5.92 Å². The molecule has 1 aliphatic carbocycles. The molecule has 3 rings (SSSR count). The Morgan fingerprint density at radius 2 is 1.71 bits per heavy atom. The number of rotatable bonds is 1. The molecule has 0 N–H and O–H groups in total. The highest BCUT2D eigenvalue weighted by atomic mass is 15.3. The highest BCUT2D eigenvalue weighted by Gasteiger charge is 2.38. The normalized spacial score (nSPS) is 44.8. The molecule has 0 spiro atoms. The lowest BCUT2D eigenvalue weighted by molar-refractivity contribution is 0.00969. The summed E-state index contributed by atoms with van der Waals surface area (Å²) < 4.78 is 0. The van der Waals surface area contributed by atoms with Crippen molar-refractivity contribution in [1.82, 2.24) is 9.80 Å². The Morgan fingerprint density at radius 3 is 2.53 bits per heavy atom. The molecule has 2 saturated heterocycles. The van der Waals surface area contributed by atoms with Crippen LogP contribution in [0.1, 0.15) is 52.4 Å². The molecule has 0 radical (unpaired) electrons. The van der Waals surface area contributed by atoms with E-state index < -0.39 is 0 Å². The van der Waals surface area contributed by atoms with Crippen molar-refractivity contribution in [3.05, 3.63) is 0 Å². The predicted octanol–water partition coefficient (Wildman–Crippen LogP) is 2.73. The molecule has 3 fully saturated rings. The van der Waals surface area contributed by atoms with Gasteiger partial charge in [0.1, 0.15) is 0 Å². The average molecular weight is 236 g/mol. The van der Waals surface area contributed by atoms with Gasteiger partial charge in [-0.1, -0.05) is 19.8 Å². The minimum absolute atomic E-state index is 0.791. The van der Waals surface area contributed by atoms with E-state index in [1.165, 1.54) is 58.2 Å². The summed E-state index contributed by atoms with van der Waals surface area (Å²) in [5.41, 5.74) is 0. The number of piperazine rings is 1. The topological polar surface area (TPSA) is 6.48 Å². The Balaban J connectivity index is 1.65. The lowest BCUT2D eigenvalue weighted by Gasteiger charge is -2.47. The van der Waals surface area contributed by atoms with E-state index in [0.29, 0.717) is 0 Å². The Kier molecular flexibility index (Phi) is 3.45. The molecule has 2 nitrogen and oxygen atoms in total. The third kappa shape index (κ3) is 2.39. The molecule has 4 atom stereocenters. The second kappa shape index (κ2) is 4.89. The zero-order valence-electron chi connectivity index (χ0n) is 11.6. The summed E-state index contributed by atoms with van der Waals surface area (Å²) in [4.78, 5) is 5.61. The maximum Gasteiger partial charge on any atom is 0.0224 e. The van der Waals surface area contributed by atoms with Crippen LogP contribution in [0.5, 0.6) is 0 Å². The Labute approximate surface area is 106 Å². The van der Waals surface area contributed by atoms with Gasteiger partial charge in [-0.3, -0.25) is 9.80 Å². The van der Waals surface area contributed by atoms with Crippen LogP contribution >= 0.6 is 0 Å². The van der Waals surface area contributed by atoms with E-state index in [9.17, 15) is 0 Å². The minimum Gasteiger partial charge on any atom is -0.298 e. The Morgan fingerprint density at radius 1 is 0.882 bits per heavy atom. The number of hydrogen-bond acceptors (Lipinski definition) is 2. The molecule has 98 valence electrons. The highest BCUT2D eigenvalue weighted by molar-refractivity contribution is 4.94.